The minimum absolute atomic E-state index is 0.550. The van der Waals surface area contributed by atoms with Crippen molar-refractivity contribution in [1.29, 1.82) is 0 Å². The Balaban J connectivity index is 2.42. The highest BCUT2D eigenvalue weighted by Crippen LogP contribution is 2.19. The molecule has 1 aromatic rings. The zero-order valence-electron chi connectivity index (χ0n) is 11.7. The SMILES string of the molecule is CCc1c(Cl)ncnc1NCCCN(C)C(C)C. The third kappa shape index (κ3) is 4.42. The molecule has 0 bridgehead atoms. The van der Waals surface area contributed by atoms with E-state index < -0.39 is 0 Å². The first-order valence-electron chi connectivity index (χ1n) is 6.49. The normalized spacial score (nSPS) is 11.3. The lowest BCUT2D eigenvalue weighted by Gasteiger charge is -2.21. The number of anilines is 1. The Morgan fingerprint density at radius 2 is 2.11 bits per heavy atom. The van der Waals surface area contributed by atoms with Gasteiger partial charge in [-0.25, -0.2) is 9.97 Å². The molecule has 102 valence electrons. The highest BCUT2D eigenvalue weighted by Gasteiger charge is 2.07. The van der Waals surface area contributed by atoms with Crippen LogP contribution in [-0.4, -0.2) is 41.0 Å². The van der Waals surface area contributed by atoms with Gasteiger partial charge in [0.1, 0.15) is 17.3 Å². The first kappa shape index (κ1) is 15.2. The van der Waals surface area contributed by atoms with Gasteiger partial charge < -0.3 is 10.2 Å². The summed E-state index contributed by atoms with van der Waals surface area (Å²) < 4.78 is 0. The number of aromatic nitrogens is 2. The van der Waals surface area contributed by atoms with Crippen LogP contribution in [0.4, 0.5) is 5.82 Å². The highest BCUT2D eigenvalue weighted by molar-refractivity contribution is 6.30. The zero-order chi connectivity index (χ0) is 13.5. The molecular formula is C13H23ClN4. The minimum Gasteiger partial charge on any atom is -0.370 e. The van der Waals surface area contributed by atoms with Crippen molar-refractivity contribution in [3.8, 4) is 0 Å². The fourth-order valence-electron chi connectivity index (χ4n) is 1.65. The van der Waals surface area contributed by atoms with E-state index in [4.69, 9.17) is 11.6 Å². The summed E-state index contributed by atoms with van der Waals surface area (Å²) in [4.78, 5) is 10.6. The molecule has 1 rings (SSSR count). The topological polar surface area (TPSA) is 41.1 Å². The van der Waals surface area contributed by atoms with Crippen molar-refractivity contribution in [3.63, 3.8) is 0 Å². The van der Waals surface area contributed by atoms with Crippen LogP contribution in [0, 0.1) is 0 Å². The second-order valence-electron chi connectivity index (χ2n) is 4.70. The van der Waals surface area contributed by atoms with Gasteiger partial charge in [-0.05, 0) is 40.3 Å². The van der Waals surface area contributed by atoms with Crippen molar-refractivity contribution >= 4 is 17.4 Å². The number of nitrogens with zero attached hydrogens (tertiary/aromatic N) is 3. The van der Waals surface area contributed by atoms with E-state index >= 15 is 0 Å². The molecule has 0 saturated heterocycles. The molecule has 0 aliphatic carbocycles. The van der Waals surface area contributed by atoms with Gasteiger partial charge in [0.05, 0.1) is 0 Å². The van der Waals surface area contributed by atoms with E-state index in [0.717, 1.165) is 37.3 Å². The maximum atomic E-state index is 6.03. The van der Waals surface area contributed by atoms with Gasteiger partial charge in [0.15, 0.2) is 0 Å². The lowest BCUT2D eigenvalue weighted by molar-refractivity contribution is 0.273. The Hall–Kier alpha value is -0.870. The van der Waals surface area contributed by atoms with Crippen molar-refractivity contribution in [2.75, 3.05) is 25.5 Å². The number of hydrogen-bond donors (Lipinski definition) is 1. The van der Waals surface area contributed by atoms with Gasteiger partial charge in [-0.3, -0.25) is 0 Å². The molecular weight excluding hydrogens is 248 g/mol. The van der Waals surface area contributed by atoms with E-state index in [2.05, 4.69) is 48.0 Å². The van der Waals surface area contributed by atoms with Crippen molar-refractivity contribution in [1.82, 2.24) is 14.9 Å². The Morgan fingerprint density at radius 1 is 1.39 bits per heavy atom. The molecule has 0 amide bonds. The number of nitrogens with one attached hydrogen (secondary N) is 1. The van der Waals surface area contributed by atoms with Crippen LogP contribution in [0.25, 0.3) is 0 Å². The van der Waals surface area contributed by atoms with Crippen LogP contribution >= 0.6 is 11.6 Å². The molecule has 0 atom stereocenters. The lowest BCUT2D eigenvalue weighted by Crippen LogP contribution is -2.28. The first-order valence-corrected chi connectivity index (χ1v) is 6.87. The van der Waals surface area contributed by atoms with Crippen molar-refractivity contribution in [2.24, 2.45) is 0 Å². The molecule has 0 aromatic carbocycles. The summed E-state index contributed by atoms with van der Waals surface area (Å²) >= 11 is 6.03. The quantitative estimate of drug-likeness (QED) is 0.611. The van der Waals surface area contributed by atoms with Crippen LogP contribution in [0.15, 0.2) is 6.33 Å². The van der Waals surface area contributed by atoms with E-state index in [1.54, 1.807) is 0 Å². The molecule has 0 aliphatic rings. The number of hydrogen-bond acceptors (Lipinski definition) is 4. The summed E-state index contributed by atoms with van der Waals surface area (Å²) in [7, 11) is 2.14. The summed E-state index contributed by atoms with van der Waals surface area (Å²) in [6, 6.07) is 0.588. The average Bonchev–Trinajstić information content (AvgIpc) is 2.34. The predicted molar refractivity (Wildman–Crippen MR) is 77.3 cm³/mol. The van der Waals surface area contributed by atoms with Gasteiger partial charge in [0.25, 0.3) is 0 Å². The average molecular weight is 271 g/mol. The molecule has 5 heteroatoms. The third-order valence-corrected chi connectivity index (χ3v) is 3.43. The van der Waals surface area contributed by atoms with Crippen LogP contribution in [-0.2, 0) is 6.42 Å². The van der Waals surface area contributed by atoms with Gasteiger partial charge in [0, 0.05) is 18.2 Å². The van der Waals surface area contributed by atoms with Crippen molar-refractivity contribution in [2.45, 2.75) is 39.7 Å². The largest absolute Gasteiger partial charge is 0.370 e. The Labute approximate surface area is 115 Å². The van der Waals surface area contributed by atoms with Crippen LogP contribution in [0.5, 0.6) is 0 Å². The Morgan fingerprint density at radius 3 is 2.72 bits per heavy atom. The summed E-state index contributed by atoms with van der Waals surface area (Å²) in [6.07, 6.45) is 3.43. The highest BCUT2D eigenvalue weighted by atomic mass is 35.5. The maximum Gasteiger partial charge on any atom is 0.137 e. The molecule has 4 nitrogen and oxygen atoms in total. The smallest absolute Gasteiger partial charge is 0.137 e. The fourth-order valence-corrected chi connectivity index (χ4v) is 1.92. The van der Waals surface area contributed by atoms with Gasteiger partial charge >= 0.3 is 0 Å². The third-order valence-electron chi connectivity index (χ3n) is 3.11. The van der Waals surface area contributed by atoms with E-state index in [1.807, 2.05) is 0 Å². The summed E-state index contributed by atoms with van der Waals surface area (Å²) in [5.74, 6) is 0.865. The standard InChI is InChI=1S/C13H23ClN4/c1-5-11-12(14)16-9-17-13(11)15-7-6-8-18(4)10(2)3/h9-10H,5-8H2,1-4H3,(H,15,16,17). The Bertz CT molecular complexity index is 368. The van der Waals surface area contributed by atoms with Crippen LogP contribution in [0.3, 0.4) is 0 Å². The first-order chi connectivity index (χ1) is 8.56. The van der Waals surface area contributed by atoms with E-state index in [-0.39, 0.29) is 0 Å². The fraction of sp³-hybridized carbons (Fsp3) is 0.692. The molecule has 0 saturated carbocycles. The molecule has 0 fully saturated rings. The predicted octanol–water partition coefficient (Wildman–Crippen LogP) is 2.83. The molecule has 0 spiro atoms. The van der Waals surface area contributed by atoms with Crippen molar-refractivity contribution < 1.29 is 0 Å². The van der Waals surface area contributed by atoms with E-state index in [9.17, 15) is 0 Å². The summed E-state index contributed by atoms with van der Waals surface area (Å²) in [6.45, 7) is 8.43. The van der Waals surface area contributed by atoms with Gasteiger partial charge in [-0.1, -0.05) is 18.5 Å². The molecule has 1 N–H and O–H groups in total. The van der Waals surface area contributed by atoms with Crippen molar-refractivity contribution in [3.05, 3.63) is 17.0 Å². The second kappa shape index (κ2) is 7.54. The summed E-state index contributed by atoms with van der Waals surface area (Å²) in [5.41, 5.74) is 0.997. The maximum absolute atomic E-state index is 6.03. The molecule has 18 heavy (non-hydrogen) atoms. The van der Waals surface area contributed by atoms with E-state index in [0.29, 0.717) is 11.2 Å². The summed E-state index contributed by atoms with van der Waals surface area (Å²) in [5, 5.41) is 3.89. The second-order valence-corrected chi connectivity index (χ2v) is 5.06. The zero-order valence-corrected chi connectivity index (χ0v) is 12.5. The number of rotatable bonds is 7. The van der Waals surface area contributed by atoms with Gasteiger partial charge in [0.2, 0.25) is 0 Å². The van der Waals surface area contributed by atoms with Crippen LogP contribution in [0.2, 0.25) is 5.15 Å². The molecule has 0 unspecified atom stereocenters. The monoisotopic (exact) mass is 270 g/mol. The molecule has 0 radical (unpaired) electrons. The molecule has 0 aliphatic heterocycles. The molecule has 1 heterocycles. The van der Waals surface area contributed by atoms with Gasteiger partial charge in [-0.15, -0.1) is 0 Å². The number of halogens is 1. The van der Waals surface area contributed by atoms with E-state index in [1.165, 1.54) is 6.33 Å². The van der Waals surface area contributed by atoms with Crippen LogP contribution < -0.4 is 5.32 Å². The Kier molecular flexibility index (Phi) is 6.36. The van der Waals surface area contributed by atoms with Gasteiger partial charge in [-0.2, -0.15) is 0 Å². The minimum atomic E-state index is 0.550. The van der Waals surface area contributed by atoms with Crippen LogP contribution in [0.1, 0.15) is 32.8 Å². The lowest BCUT2D eigenvalue weighted by atomic mass is 10.2. The molecule has 1 aromatic heterocycles.